The summed E-state index contributed by atoms with van der Waals surface area (Å²) in [6, 6.07) is 2.56. The van der Waals surface area contributed by atoms with Crippen molar-refractivity contribution in [1.82, 2.24) is 5.32 Å². The van der Waals surface area contributed by atoms with Gasteiger partial charge in [-0.25, -0.2) is 4.39 Å². The van der Waals surface area contributed by atoms with Gasteiger partial charge in [-0.05, 0) is 18.6 Å². The van der Waals surface area contributed by atoms with Crippen molar-refractivity contribution in [2.45, 2.75) is 31.3 Å². The maximum absolute atomic E-state index is 13.7. The molecule has 1 fully saturated rings. The summed E-state index contributed by atoms with van der Waals surface area (Å²) in [5, 5.41) is 3.11. The van der Waals surface area contributed by atoms with Crippen LogP contribution in [0, 0.1) is 5.82 Å². The second kappa shape index (κ2) is 6.72. The molecule has 0 aliphatic carbocycles. The van der Waals surface area contributed by atoms with Gasteiger partial charge in [0.05, 0.1) is 18.3 Å². The molecule has 1 heterocycles. The first kappa shape index (κ1) is 16.2. The van der Waals surface area contributed by atoms with Crippen molar-refractivity contribution >= 4 is 0 Å². The van der Waals surface area contributed by atoms with Crippen LogP contribution in [0.5, 0.6) is 0 Å². The summed E-state index contributed by atoms with van der Waals surface area (Å²) in [4.78, 5) is 0. The Kier molecular flexibility index (Phi) is 5.18. The minimum absolute atomic E-state index is 0.00885. The van der Waals surface area contributed by atoms with Gasteiger partial charge < -0.3 is 14.8 Å². The molecule has 3 nitrogen and oxygen atoms in total. The molecule has 0 radical (unpaired) electrons. The number of ether oxygens (including phenoxy) is 2. The predicted molar refractivity (Wildman–Crippen MR) is 68.3 cm³/mol. The van der Waals surface area contributed by atoms with Crippen LogP contribution in [0.15, 0.2) is 18.2 Å². The Hall–Kier alpha value is -1.18. The maximum Gasteiger partial charge on any atom is 0.416 e. The van der Waals surface area contributed by atoms with Crippen LogP contribution in [0.3, 0.4) is 0 Å². The summed E-state index contributed by atoms with van der Waals surface area (Å²) >= 11 is 0. The van der Waals surface area contributed by atoms with E-state index in [4.69, 9.17) is 9.47 Å². The lowest BCUT2D eigenvalue weighted by Gasteiger charge is -2.31. The minimum Gasteiger partial charge on any atom is -0.379 e. The van der Waals surface area contributed by atoms with Crippen LogP contribution in [-0.4, -0.2) is 32.5 Å². The molecule has 0 saturated carbocycles. The molecule has 1 aliphatic rings. The fraction of sp³-hybridized carbons (Fsp3) is 0.571. The van der Waals surface area contributed by atoms with E-state index in [1.165, 1.54) is 0 Å². The van der Waals surface area contributed by atoms with E-state index in [9.17, 15) is 17.6 Å². The molecule has 1 aromatic rings. The summed E-state index contributed by atoms with van der Waals surface area (Å²) in [5.41, 5.74) is -0.783. The average molecular weight is 307 g/mol. The molecule has 7 heteroatoms. The molecule has 2 atom stereocenters. The van der Waals surface area contributed by atoms with E-state index in [1.807, 2.05) is 0 Å². The highest BCUT2D eigenvalue weighted by atomic mass is 19.4. The zero-order valence-electron chi connectivity index (χ0n) is 11.5. The van der Waals surface area contributed by atoms with E-state index in [-0.39, 0.29) is 24.3 Å². The van der Waals surface area contributed by atoms with Crippen molar-refractivity contribution < 1.29 is 27.0 Å². The number of alkyl halides is 3. The molecule has 1 N–H and O–H groups in total. The van der Waals surface area contributed by atoms with Gasteiger partial charge in [-0.2, -0.15) is 13.2 Å². The number of halogens is 4. The van der Waals surface area contributed by atoms with Crippen LogP contribution in [-0.2, 0) is 22.2 Å². The molecule has 0 bridgehead atoms. The topological polar surface area (TPSA) is 30.5 Å². The number of hydrogen-bond donors (Lipinski definition) is 1. The minimum atomic E-state index is -4.53. The molecule has 1 aromatic carbocycles. The van der Waals surface area contributed by atoms with Crippen molar-refractivity contribution in [3.63, 3.8) is 0 Å². The first-order chi connectivity index (χ1) is 9.91. The van der Waals surface area contributed by atoms with Gasteiger partial charge in [0.2, 0.25) is 0 Å². The van der Waals surface area contributed by atoms with E-state index in [1.54, 1.807) is 7.11 Å². The Balaban J connectivity index is 2.00. The summed E-state index contributed by atoms with van der Waals surface area (Å²) < 4.78 is 61.6. The quantitative estimate of drug-likeness (QED) is 0.868. The van der Waals surface area contributed by atoms with Crippen molar-refractivity contribution in [1.29, 1.82) is 0 Å². The molecule has 2 unspecified atom stereocenters. The van der Waals surface area contributed by atoms with Crippen molar-refractivity contribution in [3.8, 4) is 0 Å². The third-order valence-corrected chi connectivity index (χ3v) is 3.54. The highest BCUT2D eigenvalue weighted by molar-refractivity contribution is 5.26. The molecule has 118 valence electrons. The Morgan fingerprint density at radius 1 is 1.38 bits per heavy atom. The van der Waals surface area contributed by atoms with E-state index in [0.717, 1.165) is 12.1 Å². The average Bonchev–Trinajstić information content (AvgIpc) is 2.45. The van der Waals surface area contributed by atoms with Crippen LogP contribution in [0.4, 0.5) is 17.6 Å². The van der Waals surface area contributed by atoms with Gasteiger partial charge in [-0.1, -0.05) is 6.07 Å². The molecule has 21 heavy (non-hydrogen) atoms. The van der Waals surface area contributed by atoms with Crippen LogP contribution in [0.1, 0.15) is 17.5 Å². The number of methoxy groups -OCH3 is 1. The largest absolute Gasteiger partial charge is 0.416 e. The summed E-state index contributed by atoms with van der Waals surface area (Å²) in [6.45, 7) is 1.17. The highest BCUT2D eigenvalue weighted by Gasteiger charge is 2.31. The van der Waals surface area contributed by atoms with Gasteiger partial charge in [0.15, 0.2) is 0 Å². The third-order valence-electron chi connectivity index (χ3n) is 3.54. The van der Waals surface area contributed by atoms with Gasteiger partial charge in [0.25, 0.3) is 0 Å². The number of benzene rings is 1. The second-order valence-electron chi connectivity index (χ2n) is 4.93. The van der Waals surface area contributed by atoms with Gasteiger partial charge in [0, 0.05) is 31.9 Å². The number of rotatable bonds is 4. The molecular weight excluding hydrogens is 290 g/mol. The maximum atomic E-state index is 13.7. The zero-order chi connectivity index (χ0) is 15.5. The highest BCUT2D eigenvalue weighted by Crippen LogP contribution is 2.30. The van der Waals surface area contributed by atoms with E-state index >= 15 is 0 Å². The van der Waals surface area contributed by atoms with Crippen molar-refractivity contribution in [2.75, 3.05) is 20.3 Å². The first-order valence-corrected chi connectivity index (χ1v) is 6.61. The smallest absolute Gasteiger partial charge is 0.379 e. The van der Waals surface area contributed by atoms with Gasteiger partial charge in [0.1, 0.15) is 5.82 Å². The van der Waals surface area contributed by atoms with Crippen LogP contribution in [0.2, 0.25) is 0 Å². The number of nitrogens with one attached hydrogen (secondary N) is 1. The standard InChI is InChI=1S/C14H17F4NO2/c1-20-13-8-21-5-4-12(13)19-7-9-2-3-10(6-11(9)15)14(16,17)18/h2-3,6,12-13,19H,4-5,7-8H2,1H3. The fourth-order valence-corrected chi connectivity index (χ4v) is 2.29. The van der Waals surface area contributed by atoms with Gasteiger partial charge in [-0.15, -0.1) is 0 Å². The molecule has 1 aliphatic heterocycles. The van der Waals surface area contributed by atoms with Crippen LogP contribution >= 0.6 is 0 Å². The molecular formula is C14H17F4NO2. The molecule has 2 rings (SSSR count). The van der Waals surface area contributed by atoms with Crippen LogP contribution in [0.25, 0.3) is 0 Å². The fourth-order valence-electron chi connectivity index (χ4n) is 2.29. The van der Waals surface area contributed by atoms with Gasteiger partial charge >= 0.3 is 6.18 Å². The predicted octanol–water partition coefficient (Wildman–Crippen LogP) is 2.74. The SMILES string of the molecule is COC1COCCC1NCc1ccc(C(F)(F)F)cc1F. The summed E-state index contributed by atoms with van der Waals surface area (Å²) in [6.07, 6.45) is -3.97. The van der Waals surface area contributed by atoms with Crippen molar-refractivity contribution in [3.05, 3.63) is 35.1 Å². The summed E-state index contributed by atoms with van der Waals surface area (Å²) in [7, 11) is 1.56. The molecule has 0 aromatic heterocycles. The van der Waals surface area contributed by atoms with Crippen molar-refractivity contribution in [2.24, 2.45) is 0 Å². The molecule has 1 saturated heterocycles. The normalized spacial score (nSPS) is 23.3. The Morgan fingerprint density at radius 2 is 2.14 bits per heavy atom. The summed E-state index contributed by atoms with van der Waals surface area (Å²) in [5.74, 6) is -0.863. The van der Waals surface area contributed by atoms with Crippen LogP contribution < -0.4 is 5.32 Å². The second-order valence-corrected chi connectivity index (χ2v) is 4.93. The molecule has 0 amide bonds. The Morgan fingerprint density at radius 3 is 2.76 bits per heavy atom. The Labute approximate surface area is 120 Å². The lowest BCUT2D eigenvalue weighted by atomic mass is 10.0. The first-order valence-electron chi connectivity index (χ1n) is 6.61. The Bertz CT molecular complexity index is 479. The third kappa shape index (κ3) is 4.15. The lowest BCUT2D eigenvalue weighted by molar-refractivity contribution is -0.137. The molecule has 0 spiro atoms. The van der Waals surface area contributed by atoms with E-state index < -0.39 is 17.6 Å². The lowest BCUT2D eigenvalue weighted by Crippen LogP contribution is -2.47. The monoisotopic (exact) mass is 307 g/mol. The van der Waals surface area contributed by atoms with E-state index in [0.29, 0.717) is 25.7 Å². The number of hydrogen-bond acceptors (Lipinski definition) is 3. The van der Waals surface area contributed by atoms with Gasteiger partial charge in [-0.3, -0.25) is 0 Å². The van der Waals surface area contributed by atoms with E-state index in [2.05, 4.69) is 5.32 Å². The zero-order valence-corrected chi connectivity index (χ0v) is 11.5.